The molecule has 3 aliphatic rings. The molecule has 2 fully saturated rings. The number of hydrogen-bond acceptors (Lipinski definition) is 0. The van der Waals surface area contributed by atoms with Crippen molar-refractivity contribution in [2.75, 3.05) is 0 Å². The molecule has 2 aromatic carbocycles. The summed E-state index contributed by atoms with van der Waals surface area (Å²) >= 11 is 0. The fourth-order valence-corrected chi connectivity index (χ4v) is 13.6. The number of rotatable bonds is 8. The lowest BCUT2D eigenvalue weighted by molar-refractivity contribution is 0.438. The third kappa shape index (κ3) is 5.95. The maximum absolute atomic E-state index is 2.68. The molecule has 0 nitrogen and oxygen atoms in total. The van der Waals surface area contributed by atoms with Crippen LogP contribution in [-0.2, 0) is 0 Å². The Hall–Kier alpha value is -1.65. The zero-order valence-corrected chi connectivity index (χ0v) is 27.3. The molecule has 3 aliphatic carbocycles. The molecule has 0 heterocycles. The van der Waals surface area contributed by atoms with Crippen LogP contribution in [0.4, 0.5) is 0 Å². The van der Waals surface area contributed by atoms with E-state index in [9.17, 15) is 0 Å². The van der Waals surface area contributed by atoms with Gasteiger partial charge in [-0.3, -0.25) is 0 Å². The molecule has 0 saturated heterocycles. The molecule has 1 atom stereocenters. The van der Waals surface area contributed by atoms with E-state index in [2.05, 4.69) is 102 Å². The van der Waals surface area contributed by atoms with E-state index < -0.39 is 0 Å². The Labute approximate surface area is 247 Å². The van der Waals surface area contributed by atoms with E-state index in [1.807, 2.05) is 0 Å². The Morgan fingerprint density at radius 2 is 1.18 bits per heavy atom. The number of benzene rings is 2. The molecule has 0 radical (unpaired) electrons. The summed E-state index contributed by atoms with van der Waals surface area (Å²) in [7, 11) is -0.167. The lowest BCUT2D eigenvalue weighted by Crippen LogP contribution is -2.44. The topological polar surface area (TPSA) is 0 Å². The van der Waals surface area contributed by atoms with Gasteiger partial charge in [-0.1, -0.05) is 148 Å². The van der Waals surface area contributed by atoms with Crippen LogP contribution in [-0.4, -0.2) is 16.5 Å². The van der Waals surface area contributed by atoms with Crippen LogP contribution in [0.3, 0.4) is 0 Å². The van der Waals surface area contributed by atoms with E-state index in [1.54, 1.807) is 16.7 Å². The third-order valence-electron chi connectivity index (χ3n) is 10.5. The minimum atomic E-state index is -0.167. The van der Waals surface area contributed by atoms with Gasteiger partial charge in [-0.2, -0.15) is 0 Å². The molecule has 1 unspecified atom stereocenters. The van der Waals surface area contributed by atoms with E-state index in [0.717, 1.165) is 11.3 Å². The first-order valence-corrected chi connectivity index (χ1v) is 18.2. The Kier molecular flexibility index (Phi) is 9.78. The van der Waals surface area contributed by atoms with Crippen molar-refractivity contribution in [2.45, 2.75) is 129 Å². The molecule has 0 spiro atoms. The second-order valence-electron chi connectivity index (χ2n) is 14.1. The fourth-order valence-electron chi connectivity index (χ4n) is 8.38. The van der Waals surface area contributed by atoms with Gasteiger partial charge in [0.05, 0.1) is 0 Å². The Morgan fingerprint density at radius 3 is 1.70 bits per heavy atom. The minimum Gasteiger partial charge on any atom is -0.0888 e. The van der Waals surface area contributed by atoms with Gasteiger partial charge in [0.1, 0.15) is 0 Å². The summed E-state index contributed by atoms with van der Waals surface area (Å²) in [5.74, 6) is 1.77. The second-order valence-corrected chi connectivity index (χ2v) is 17.1. The summed E-state index contributed by atoms with van der Waals surface area (Å²) in [6.45, 7) is 15.1. The SMILES string of the molecule is CC(C)C1=CC(C(C)C)=C(c2cccc(-c3ccccc3)c2)C(C(C)C)(P(C2CCCCC2)C2CCCCC2)C1. The summed E-state index contributed by atoms with van der Waals surface area (Å²) < 4.78 is 0. The van der Waals surface area contributed by atoms with Crippen molar-refractivity contribution in [3.8, 4) is 11.1 Å². The van der Waals surface area contributed by atoms with Crippen LogP contribution in [0.5, 0.6) is 0 Å². The quantitative estimate of drug-likeness (QED) is 0.285. The molecule has 0 bridgehead atoms. The molecule has 2 aromatic rings. The van der Waals surface area contributed by atoms with Crippen LogP contribution >= 0.6 is 7.92 Å². The van der Waals surface area contributed by atoms with Gasteiger partial charge >= 0.3 is 0 Å². The lowest BCUT2D eigenvalue weighted by Gasteiger charge is -2.57. The van der Waals surface area contributed by atoms with E-state index in [0.29, 0.717) is 17.8 Å². The molecule has 0 aromatic heterocycles. The summed E-state index contributed by atoms with van der Waals surface area (Å²) in [4.78, 5) is 0. The van der Waals surface area contributed by atoms with Crippen molar-refractivity contribution in [3.05, 3.63) is 77.4 Å². The molecule has 1 heteroatoms. The predicted octanol–water partition coefficient (Wildman–Crippen LogP) is 12.3. The summed E-state index contributed by atoms with van der Waals surface area (Å²) in [6.07, 6.45) is 18.6. The molecule has 0 amide bonds. The summed E-state index contributed by atoms with van der Waals surface area (Å²) in [6, 6.07) is 20.8. The highest BCUT2D eigenvalue weighted by Crippen LogP contribution is 2.73. The second kappa shape index (κ2) is 13.1. The van der Waals surface area contributed by atoms with Crippen molar-refractivity contribution >= 4 is 13.5 Å². The van der Waals surface area contributed by atoms with E-state index in [4.69, 9.17) is 0 Å². The van der Waals surface area contributed by atoms with Crippen LogP contribution in [0.15, 0.2) is 71.8 Å². The van der Waals surface area contributed by atoms with Gasteiger partial charge in [-0.15, -0.1) is 0 Å². The first-order valence-electron chi connectivity index (χ1n) is 16.7. The molecule has 0 N–H and O–H groups in total. The van der Waals surface area contributed by atoms with Gasteiger partial charge in [0.25, 0.3) is 0 Å². The molecule has 216 valence electrons. The first kappa shape index (κ1) is 29.8. The maximum atomic E-state index is 2.68. The van der Waals surface area contributed by atoms with Crippen molar-refractivity contribution in [2.24, 2.45) is 17.8 Å². The van der Waals surface area contributed by atoms with Gasteiger partial charge in [0, 0.05) is 5.16 Å². The number of hydrogen-bond donors (Lipinski definition) is 0. The summed E-state index contributed by atoms with van der Waals surface area (Å²) in [5, 5.41) is 0.253. The molecule has 40 heavy (non-hydrogen) atoms. The molecular formula is C39H55P. The van der Waals surface area contributed by atoms with Gasteiger partial charge in [-0.25, -0.2) is 0 Å². The van der Waals surface area contributed by atoms with Crippen LogP contribution in [0.25, 0.3) is 16.7 Å². The summed E-state index contributed by atoms with van der Waals surface area (Å²) in [5.41, 5.74) is 11.2. The zero-order chi connectivity index (χ0) is 28.3. The van der Waals surface area contributed by atoms with Crippen molar-refractivity contribution in [1.82, 2.24) is 0 Å². The predicted molar refractivity (Wildman–Crippen MR) is 179 cm³/mol. The molecular weight excluding hydrogens is 499 g/mol. The Bertz CT molecular complexity index is 1150. The smallest absolute Gasteiger partial charge is 0.0228 e. The van der Waals surface area contributed by atoms with Crippen LogP contribution in [0, 0.1) is 17.8 Å². The third-order valence-corrected chi connectivity index (χ3v) is 14.9. The standard InChI is InChI=1S/C39H55P/c1-28(2)34-26-37(29(3)4)38(33-20-16-19-32(25-33)31-17-10-7-11-18-31)39(27-34,30(5)6)40(35-21-12-8-13-22-35)36-23-14-9-15-24-36/h7,10-11,16-20,25-26,28-30,35-36H,8-9,12-15,21-24,27H2,1-6H3. The molecule has 0 aliphatic heterocycles. The molecule has 2 saturated carbocycles. The van der Waals surface area contributed by atoms with Crippen molar-refractivity contribution in [3.63, 3.8) is 0 Å². The van der Waals surface area contributed by atoms with Crippen LogP contribution in [0.1, 0.15) is 118 Å². The molecule has 5 rings (SSSR count). The zero-order valence-electron chi connectivity index (χ0n) is 26.4. The minimum absolute atomic E-state index is 0.167. The largest absolute Gasteiger partial charge is 0.0888 e. The Morgan fingerprint density at radius 1 is 0.625 bits per heavy atom. The van der Waals surface area contributed by atoms with Crippen molar-refractivity contribution < 1.29 is 0 Å². The normalized spacial score (nSPS) is 23.5. The van der Waals surface area contributed by atoms with Gasteiger partial charge in [0.15, 0.2) is 0 Å². The van der Waals surface area contributed by atoms with Crippen molar-refractivity contribution in [1.29, 1.82) is 0 Å². The highest BCUT2D eigenvalue weighted by molar-refractivity contribution is 7.61. The highest BCUT2D eigenvalue weighted by atomic mass is 31.1. The van der Waals surface area contributed by atoms with Gasteiger partial charge in [0.2, 0.25) is 0 Å². The van der Waals surface area contributed by atoms with Gasteiger partial charge in [-0.05, 0) is 95.1 Å². The average Bonchev–Trinajstić information content (AvgIpc) is 2.98. The highest BCUT2D eigenvalue weighted by Gasteiger charge is 2.53. The lowest BCUT2D eigenvalue weighted by atomic mass is 9.69. The van der Waals surface area contributed by atoms with Crippen LogP contribution < -0.4 is 0 Å². The monoisotopic (exact) mass is 554 g/mol. The van der Waals surface area contributed by atoms with E-state index >= 15 is 0 Å². The van der Waals surface area contributed by atoms with E-state index in [1.165, 1.54) is 87.3 Å². The van der Waals surface area contributed by atoms with Crippen LogP contribution in [0.2, 0.25) is 0 Å². The van der Waals surface area contributed by atoms with Gasteiger partial charge < -0.3 is 0 Å². The fraction of sp³-hybridized carbons (Fsp3) is 0.590. The van der Waals surface area contributed by atoms with E-state index in [-0.39, 0.29) is 13.1 Å². The average molecular weight is 555 g/mol. The number of allylic oxidation sites excluding steroid dienone is 4. The first-order chi connectivity index (χ1) is 19.3. The Balaban J connectivity index is 1.78. The maximum Gasteiger partial charge on any atom is 0.0228 e.